The predicted octanol–water partition coefficient (Wildman–Crippen LogP) is 2.07. The molecule has 0 aliphatic heterocycles. The van der Waals surface area contributed by atoms with Crippen molar-refractivity contribution in [2.24, 2.45) is 0 Å². The first-order valence-electron chi connectivity index (χ1n) is 6.91. The highest BCUT2D eigenvalue weighted by Crippen LogP contribution is 2.13. The third kappa shape index (κ3) is 4.41. The fourth-order valence-electron chi connectivity index (χ4n) is 2.03. The second-order valence-electron chi connectivity index (χ2n) is 4.91. The Hall–Kier alpha value is -2.69. The number of hydrogen-bond donors (Lipinski definition) is 1. The number of carboxylic acids is 1. The van der Waals surface area contributed by atoms with Crippen LogP contribution in [0, 0.1) is 0 Å². The Morgan fingerprint density at radius 2 is 1.68 bits per heavy atom. The molecule has 0 fully saturated rings. The van der Waals surface area contributed by atoms with Crippen molar-refractivity contribution in [2.45, 2.75) is 19.3 Å². The molecule has 0 amide bonds. The number of aryl methyl sites for hydroxylation is 2. The molecule has 1 aromatic carbocycles. The average Bonchev–Trinajstić information content (AvgIpc) is 2.54. The number of benzene rings is 1. The average molecular weight is 299 g/mol. The van der Waals surface area contributed by atoms with E-state index in [9.17, 15) is 9.59 Å². The number of carbonyl (C=O) groups excluding carboxylic acids is 1. The monoisotopic (exact) mass is 299 g/mol. The Labute approximate surface area is 128 Å². The van der Waals surface area contributed by atoms with Gasteiger partial charge in [-0.25, -0.2) is 4.79 Å². The van der Waals surface area contributed by atoms with E-state index in [0.717, 1.165) is 24.2 Å². The normalized spacial score (nSPS) is 10.2. The van der Waals surface area contributed by atoms with Crippen molar-refractivity contribution >= 4 is 11.8 Å². The smallest absolute Gasteiger partial charge is 0.372 e. The Bertz CT molecular complexity index is 647. The summed E-state index contributed by atoms with van der Waals surface area (Å²) in [5.41, 5.74) is 2.72. The Kier molecular flexibility index (Phi) is 5.25. The topological polar surface area (TPSA) is 76.5 Å². The summed E-state index contributed by atoms with van der Waals surface area (Å²) >= 11 is 0. The van der Waals surface area contributed by atoms with Crippen molar-refractivity contribution in [3.8, 4) is 5.75 Å². The lowest BCUT2D eigenvalue weighted by Gasteiger charge is -2.04. The molecule has 1 heterocycles. The maximum atomic E-state index is 11.1. The van der Waals surface area contributed by atoms with Gasteiger partial charge in [0.25, 0.3) is 0 Å². The molecule has 0 atom stereocenters. The van der Waals surface area contributed by atoms with Crippen LogP contribution < -0.4 is 4.74 Å². The molecular weight excluding hydrogens is 282 g/mol. The van der Waals surface area contributed by atoms with Gasteiger partial charge >= 0.3 is 5.97 Å². The second kappa shape index (κ2) is 7.36. The van der Waals surface area contributed by atoms with Gasteiger partial charge in [-0.2, -0.15) is 0 Å². The van der Waals surface area contributed by atoms with Crippen LogP contribution in [-0.2, 0) is 28.9 Å². The number of methoxy groups -OCH3 is 1. The van der Waals surface area contributed by atoms with Gasteiger partial charge in [-0.05, 0) is 42.2 Å². The van der Waals surface area contributed by atoms with Crippen LogP contribution in [-0.4, -0.2) is 29.0 Å². The fraction of sp³-hybridized carbons (Fsp3) is 0.235. The molecule has 0 unspecified atom stereocenters. The molecule has 5 heteroatoms. The lowest BCUT2D eigenvalue weighted by molar-refractivity contribution is -0.148. The molecule has 2 rings (SSSR count). The third-order valence-corrected chi connectivity index (χ3v) is 3.33. The van der Waals surface area contributed by atoms with Gasteiger partial charge in [0.2, 0.25) is 5.78 Å². The highest BCUT2D eigenvalue weighted by Gasteiger charge is 2.12. The Morgan fingerprint density at radius 3 is 2.23 bits per heavy atom. The molecule has 1 aromatic heterocycles. The van der Waals surface area contributed by atoms with Crippen molar-refractivity contribution in [3.05, 3.63) is 59.4 Å². The van der Waals surface area contributed by atoms with Crippen molar-refractivity contribution in [1.29, 1.82) is 0 Å². The van der Waals surface area contributed by atoms with Gasteiger partial charge in [-0.15, -0.1) is 0 Å². The number of aliphatic carboxylic acids is 1. The molecule has 0 radical (unpaired) electrons. The molecule has 114 valence electrons. The van der Waals surface area contributed by atoms with Crippen molar-refractivity contribution < 1.29 is 19.4 Å². The molecule has 0 aliphatic rings. The molecule has 0 spiro atoms. The number of pyridine rings is 1. The van der Waals surface area contributed by atoms with E-state index in [1.54, 1.807) is 19.4 Å². The second-order valence-corrected chi connectivity index (χ2v) is 4.91. The van der Waals surface area contributed by atoms with Crippen LogP contribution in [0.15, 0.2) is 42.6 Å². The lowest BCUT2D eigenvalue weighted by Crippen LogP contribution is -2.15. The highest BCUT2D eigenvalue weighted by atomic mass is 16.5. The van der Waals surface area contributed by atoms with Crippen molar-refractivity contribution in [2.75, 3.05) is 7.11 Å². The predicted molar refractivity (Wildman–Crippen MR) is 81.0 cm³/mol. The number of ether oxygens (including phenoxy) is 1. The summed E-state index contributed by atoms with van der Waals surface area (Å²) in [7, 11) is 1.64. The van der Waals surface area contributed by atoms with Crippen molar-refractivity contribution in [3.63, 3.8) is 0 Å². The first-order chi connectivity index (χ1) is 10.6. The van der Waals surface area contributed by atoms with E-state index in [4.69, 9.17) is 9.84 Å². The summed E-state index contributed by atoms with van der Waals surface area (Å²) in [4.78, 5) is 25.7. The molecule has 2 aromatic rings. The van der Waals surface area contributed by atoms with E-state index in [1.807, 2.05) is 30.3 Å². The SMILES string of the molecule is COc1ccc(CCc2ccc(CC(=O)C(=O)O)nc2)cc1. The van der Waals surface area contributed by atoms with E-state index in [1.165, 1.54) is 5.56 Å². The maximum Gasteiger partial charge on any atom is 0.372 e. The van der Waals surface area contributed by atoms with E-state index in [2.05, 4.69) is 4.98 Å². The van der Waals surface area contributed by atoms with Crippen LogP contribution in [0.3, 0.4) is 0 Å². The van der Waals surface area contributed by atoms with Crippen LogP contribution in [0.1, 0.15) is 16.8 Å². The van der Waals surface area contributed by atoms with Gasteiger partial charge in [0.15, 0.2) is 0 Å². The van der Waals surface area contributed by atoms with Gasteiger partial charge in [0.05, 0.1) is 13.5 Å². The van der Waals surface area contributed by atoms with Crippen LogP contribution in [0.4, 0.5) is 0 Å². The summed E-state index contributed by atoms with van der Waals surface area (Å²) in [5, 5.41) is 8.56. The number of carboxylic acid groups (broad SMARTS) is 1. The molecule has 5 nitrogen and oxygen atoms in total. The summed E-state index contributed by atoms with van der Waals surface area (Å²) in [6.07, 6.45) is 3.22. The zero-order valence-electron chi connectivity index (χ0n) is 12.3. The number of ketones is 1. The van der Waals surface area contributed by atoms with E-state index >= 15 is 0 Å². The number of hydrogen-bond acceptors (Lipinski definition) is 4. The molecule has 0 saturated carbocycles. The minimum atomic E-state index is -1.43. The van der Waals surface area contributed by atoms with Gasteiger partial charge in [-0.1, -0.05) is 18.2 Å². The van der Waals surface area contributed by atoms with Gasteiger partial charge in [0.1, 0.15) is 5.75 Å². The van der Waals surface area contributed by atoms with E-state index in [0.29, 0.717) is 5.69 Å². The minimum absolute atomic E-state index is 0.173. The van der Waals surface area contributed by atoms with E-state index < -0.39 is 11.8 Å². The summed E-state index contributed by atoms with van der Waals surface area (Å²) < 4.78 is 5.11. The van der Waals surface area contributed by atoms with E-state index in [-0.39, 0.29) is 6.42 Å². The van der Waals surface area contributed by atoms with Crippen LogP contribution in [0.2, 0.25) is 0 Å². The number of rotatable bonds is 7. The largest absolute Gasteiger partial charge is 0.497 e. The fourth-order valence-corrected chi connectivity index (χ4v) is 2.03. The van der Waals surface area contributed by atoms with Gasteiger partial charge in [-0.3, -0.25) is 9.78 Å². The van der Waals surface area contributed by atoms with Gasteiger partial charge < -0.3 is 9.84 Å². The zero-order chi connectivity index (χ0) is 15.9. The Balaban J connectivity index is 1.90. The lowest BCUT2D eigenvalue weighted by atomic mass is 10.1. The summed E-state index contributed by atoms with van der Waals surface area (Å²) in [6, 6.07) is 11.5. The Morgan fingerprint density at radius 1 is 1.05 bits per heavy atom. The van der Waals surface area contributed by atoms with Crippen LogP contribution in [0.25, 0.3) is 0 Å². The maximum absolute atomic E-state index is 11.1. The summed E-state index contributed by atoms with van der Waals surface area (Å²) in [5.74, 6) is -1.44. The molecule has 22 heavy (non-hydrogen) atoms. The number of nitrogens with zero attached hydrogens (tertiary/aromatic N) is 1. The van der Waals surface area contributed by atoms with Crippen molar-refractivity contribution in [1.82, 2.24) is 4.98 Å². The quantitative estimate of drug-likeness (QED) is 0.792. The van der Waals surface area contributed by atoms with Crippen LogP contribution >= 0.6 is 0 Å². The first kappa shape index (κ1) is 15.7. The molecule has 0 bridgehead atoms. The molecule has 0 saturated heterocycles. The minimum Gasteiger partial charge on any atom is -0.497 e. The number of aromatic nitrogens is 1. The number of carbonyl (C=O) groups is 2. The first-order valence-corrected chi connectivity index (χ1v) is 6.91. The zero-order valence-corrected chi connectivity index (χ0v) is 12.3. The molecular formula is C17H17NO4. The number of Topliss-reactive ketones (excluding diaryl/α,β-unsaturated/α-hetero) is 1. The van der Waals surface area contributed by atoms with Gasteiger partial charge in [0, 0.05) is 11.9 Å². The third-order valence-electron chi connectivity index (χ3n) is 3.33. The molecule has 1 N–H and O–H groups in total. The standard InChI is InChI=1S/C17H17NO4/c1-22-15-8-5-12(6-9-15)2-3-13-4-7-14(18-11-13)10-16(19)17(20)21/h4-9,11H,2-3,10H2,1H3,(H,20,21). The van der Waals surface area contributed by atoms with Crippen LogP contribution in [0.5, 0.6) is 5.75 Å². The highest BCUT2D eigenvalue weighted by molar-refractivity contribution is 6.33. The molecule has 0 aliphatic carbocycles. The summed E-state index contributed by atoms with van der Waals surface area (Å²) in [6.45, 7) is 0.